The van der Waals surface area contributed by atoms with Gasteiger partial charge in [0, 0.05) is 25.4 Å². The first-order chi connectivity index (χ1) is 7.63. The van der Waals surface area contributed by atoms with E-state index in [1.165, 1.54) is 6.07 Å². The monoisotopic (exact) mass is 219 g/mol. The first-order valence-corrected chi connectivity index (χ1v) is 4.94. The molecule has 0 atom stereocenters. The van der Waals surface area contributed by atoms with Gasteiger partial charge in [0.25, 0.3) is 5.56 Å². The van der Waals surface area contributed by atoms with Crippen molar-refractivity contribution in [1.29, 1.82) is 0 Å². The van der Waals surface area contributed by atoms with E-state index in [-0.39, 0.29) is 5.56 Å². The van der Waals surface area contributed by atoms with Crippen molar-refractivity contribution in [1.82, 2.24) is 19.7 Å². The molecule has 16 heavy (non-hydrogen) atoms. The van der Waals surface area contributed by atoms with Gasteiger partial charge in [0.05, 0.1) is 12.2 Å². The fourth-order valence-electron chi connectivity index (χ4n) is 1.42. The molecule has 0 radical (unpaired) electrons. The predicted molar refractivity (Wildman–Crippen MR) is 60.1 cm³/mol. The van der Waals surface area contributed by atoms with Crippen molar-refractivity contribution in [2.45, 2.75) is 13.5 Å². The summed E-state index contributed by atoms with van der Waals surface area (Å²) in [4.78, 5) is 18.0. The molecule has 2 rings (SSSR count). The Morgan fingerprint density at radius 1 is 1.56 bits per heavy atom. The zero-order valence-corrected chi connectivity index (χ0v) is 9.19. The van der Waals surface area contributed by atoms with Gasteiger partial charge in [0.15, 0.2) is 0 Å². The third-order valence-corrected chi connectivity index (χ3v) is 2.08. The number of aromatic amines is 1. The highest BCUT2D eigenvalue weighted by atomic mass is 16.1. The van der Waals surface area contributed by atoms with Crippen molar-refractivity contribution < 1.29 is 0 Å². The molecular formula is C10H13N5O. The number of aryl methyl sites for hydroxylation is 2. The number of anilines is 1. The van der Waals surface area contributed by atoms with E-state index in [1.807, 2.05) is 19.3 Å². The van der Waals surface area contributed by atoms with Crippen LogP contribution in [0.1, 0.15) is 11.5 Å². The third-order valence-electron chi connectivity index (χ3n) is 2.08. The van der Waals surface area contributed by atoms with Gasteiger partial charge in [0.1, 0.15) is 11.6 Å². The molecular weight excluding hydrogens is 206 g/mol. The predicted octanol–water partition coefficient (Wildman–Crippen LogP) is 0.424. The van der Waals surface area contributed by atoms with Gasteiger partial charge in [-0.1, -0.05) is 0 Å². The van der Waals surface area contributed by atoms with Crippen LogP contribution in [0, 0.1) is 6.92 Å². The van der Waals surface area contributed by atoms with Crippen molar-refractivity contribution in [2.24, 2.45) is 7.05 Å². The Morgan fingerprint density at radius 3 is 3.00 bits per heavy atom. The maximum Gasteiger partial charge on any atom is 0.251 e. The van der Waals surface area contributed by atoms with E-state index in [2.05, 4.69) is 20.4 Å². The van der Waals surface area contributed by atoms with E-state index >= 15 is 0 Å². The van der Waals surface area contributed by atoms with Gasteiger partial charge < -0.3 is 10.3 Å². The lowest BCUT2D eigenvalue weighted by molar-refractivity contribution is 0.767. The first kappa shape index (κ1) is 10.4. The fourth-order valence-corrected chi connectivity index (χ4v) is 1.42. The third kappa shape index (κ3) is 2.47. The van der Waals surface area contributed by atoms with Crippen molar-refractivity contribution >= 4 is 5.82 Å². The molecule has 6 heteroatoms. The Morgan fingerprint density at radius 2 is 2.38 bits per heavy atom. The number of nitrogens with one attached hydrogen (secondary N) is 2. The van der Waals surface area contributed by atoms with E-state index in [0.717, 1.165) is 5.82 Å². The lowest BCUT2D eigenvalue weighted by Crippen LogP contribution is -2.13. The molecule has 0 unspecified atom stereocenters. The average molecular weight is 219 g/mol. The van der Waals surface area contributed by atoms with Gasteiger partial charge >= 0.3 is 0 Å². The lowest BCUT2D eigenvalue weighted by atomic mass is 10.4. The highest BCUT2D eigenvalue weighted by molar-refractivity contribution is 5.32. The molecule has 0 aliphatic carbocycles. The molecule has 0 aromatic carbocycles. The summed E-state index contributed by atoms with van der Waals surface area (Å²) in [6, 6.07) is 3.34. The van der Waals surface area contributed by atoms with Crippen LogP contribution in [0.2, 0.25) is 0 Å². The molecule has 0 bridgehead atoms. The highest BCUT2D eigenvalue weighted by Crippen LogP contribution is 2.02. The molecule has 0 saturated carbocycles. The van der Waals surface area contributed by atoms with Crippen LogP contribution in [0.5, 0.6) is 0 Å². The molecule has 0 fully saturated rings. The Kier molecular flexibility index (Phi) is 2.72. The molecule has 2 heterocycles. The second-order valence-corrected chi connectivity index (χ2v) is 3.55. The van der Waals surface area contributed by atoms with Gasteiger partial charge in [-0.15, -0.1) is 0 Å². The standard InChI is InChI=1S/C10H13N5O/c1-7-12-8(5-10(16)13-7)6-11-9-3-4-15(2)14-9/h3-5H,6H2,1-2H3,(H,11,14)(H,12,13,16). The summed E-state index contributed by atoms with van der Waals surface area (Å²) in [5.74, 6) is 1.38. The minimum atomic E-state index is -0.134. The average Bonchev–Trinajstić information content (AvgIpc) is 2.60. The smallest absolute Gasteiger partial charge is 0.251 e. The first-order valence-electron chi connectivity index (χ1n) is 4.94. The van der Waals surface area contributed by atoms with E-state index in [4.69, 9.17) is 0 Å². The van der Waals surface area contributed by atoms with Crippen LogP contribution >= 0.6 is 0 Å². The molecule has 2 aromatic rings. The number of nitrogens with zero attached hydrogens (tertiary/aromatic N) is 3. The van der Waals surface area contributed by atoms with Crippen LogP contribution in [0.15, 0.2) is 23.1 Å². The maximum atomic E-state index is 11.2. The second-order valence-electron chi connectivity index (χ2n) is 3.55. The molecule has 6 nitrogen and oxygen atoms in total. The molecule has 0 amide bonds. The lowest BCUT2D eigenvalue weighted by Gasteiger charge is -2.02. The van der Waals surface area contributed by atoms with Crippen molar-refractivity contribution in [3.63, 3.8) is 0 Å². The van der Waals surface area contributed by atoms with Crippen LogP contribution in [0.4, 0.5) is 5.82 Å². The summed E-state index contributed by atoms with van der Waals surface area (Å²) in [6.45, 7) is 2.24. The van der Waals surface area contributed by atoms with Gasteiger partial charge in [-0.25, -0.2) is 4.98 Å². The molecule has 0 aliphatic rings. The fraction of sp³-hybridized carbons (Fsp3) is 0.300. The minimum absolute atomic E-state index is 0.134. The zero-order valence-electron chi connectivity index (χ0n) is 9.19. The number of aromatic nitrogens is 4. The normalized spacial score (nSPS) is 10.4. The van der Waals surface area contributed by atoms with Crippen LogP contribution < -0.4 is 10.9 Å². The van der Waals surface area contributed by atoms with Crippen molar-refractivity contribution in [3.8, 4) is 0 Å². The molecule has 2 aromatic heterocycles. The van der Waals surface area contributed by atoms with E-state index in [0.29, 0.717) is 18.1 Å². The number of hydrogen-bond acceptors (Lipinski definition) is 4. The Balaban J connectivity index is 2.07. The maximum absolute atomic E-state index is 11.2. The summed E-state index contributed by atoms with van der Waals surface area (Å²) in [5.41, 5.74) is 0.567. The summed E-state index contributed by atoms with van der Waals surface area (Å²) < 4.78 is 1.71. The Labute approximate surface area is 92.3 Å². The second kappa shape index (κ2) is 4.18. The SMILES string of the molecule is Cc1nc(CNc2ccn(C)n2)cc(=O)[nH]1. The largest absolute Gasteiger partial charge is 0.363 e. The molecule has 84 valence electrons. The van der Waals surface area contributed by atoms with E-state index in [1.54, 1.807) is 11.6 Å². The topological polar surface area (TPSA) is 75.6 Å². The summed E-state index contributed by atoms with van der Waals surface area (Å²) in [6.07, 6.45) is 1.85. The van der Waals surface area contributed by atoms with E-state index < -0.39 is 0 Å². The van der Waals surface area contributed by atoms with Gasteiger partial charge in [-0.05, 0) is 6.92 Å². The Bertz CT molecular complexity index is 542. The van der Waals surface area contributed by atoms with Gasteiger partial charge in [-0.2, -0.15) is 5.10 Å². The zero-order chi connectivity index (χ0) is 11.5. The van der Waals surface area contributed by atoms with Crippen LogP contribution in [-0.2, 0) is 13.6 Å². The summed E-state index contributed by atoms with van der Waals surface area (Å²) in [5, 5.41) is 7.25. The molecule has 2 N–H and O–H groups in total. The molecule has 0 spiro atoms. The van der Waals surface area contributed by atoms with Crippen molar-refractivity contribution in [2.75, 3.05) is 5.32 Å². The van der Waals surface area contributed by atoms with E-state index in [9.17, 15) is 4.79 Å². The molecule has 0 aliphatic heterocycles. The summed E-state index contributed by atoms with van der Waals surface area (Å²) >= 11 is 0. The Hall–Kier alpha value is -2.11. The van der Waals surface area contributed by atoms with Gasteiger partial charge in [0.2, 0.25) is 0 Å². The van der Waals surface area contributed by atoms with Crippen LogP contribution in [-0.4, -0.2) is 19.7 Å². The minimum Gasteiger partial charge on any atom is -0.363 e. The van der Waals surface area contributed by atoms with Crippen LogP contribution in [0.3, 0.4) is 0 Å². The number of hydrogen-bond donors (Lipinski definition) is 2. The number of rotatable bonds is 3. The van der Waals surface area contributed by atoms with Gasteiger partial charge in [-0.3, -0.25) is 9.48 Å². The molecule has 0 saturated heterocycles. The summed E-state index contributed by atoms with van der Waals surface area (Å²) in [7, 11) is 1.85. The highest BCUT2D eigenvalue weighted by Gasteiger charge is 1.99. The number of H-pyrrole nitrogens is 1. The van der Waals surface area contributed by atoms with Crippen LogP contribution in [0.25, 0.3) is 0 Å². The van der Waals surface area contributed by atoms with Crippen molar-refractivity contribution in [3.05, 3.63) is 40.2 Å². The quantitative estimate of drug-likeness (QED) is 0.784.